The molecule has 0 bridgehead atoms. The van der Waals surface area contributed by atoms with Gasteiger partial charge in [0.1, 0.15) is 4.92 Å². The van der Waals surface area contributed by atoms with Gasteiger partial charge in [0, 0.05) is 16.5 Å². The standard InChI is InChI=1S/C12H7N3O3S2/c16-15(17)10-7-6-9(18-10)11-14(13-12(19)20-11)8-4-2-1-3-5-8/h1-7H. The summed E-state index contributed by atoms with van der Waals surface area (Å²) in [6.07, 6.45) is 0. The van der Waals surface area contributed by atoms with Crippen molar-refractivity contribution >= 4 is 29.8 Å². The van der Waals surface area contributed by atoms with Gasteiger partial charge in [-0.3, -0.25) is 21.5 Å². The monoisotopic (exact) mass is 305 g/mol. The summed E-state index contributed by atoms with van der Waals surface area (Å²) >= 11 is 6.33. The maximum atomic E-state index is 10.7. The Morgan fingerprint density at radius 1 is 1.25 bits per heavy atom. The molecule has 8 heteroatoms. The molecular weight excluding hydrogens is 298 g/mol. The number of nitrogens with zero attached hydrogens (tertiary/aromatic N) is 3. The van der Waals surface area contributed by atoms with Gasteiger partial charge in [-0.2, -0.15) is 0 Å². The lowest BCUT2D eigenvalue weighted by molar-refractivity contribution is -0.646. The predicted molar refractivity (Wildman–Crippen MR) is 73.6 cm³/mol. The van der Waals surface area contributed by atoms with Crippen LogP contribution in [0.5, 0.6) is 0 Å². The van der Waals surface area contributed by atoms with Gasteiger partial charge in [0.05, 0.1) is 6.07 Å². The molecule has 0 amide bonds. The Morgan fingerprint density at radius 3 is 2.65 bits per heavy atom. The van der Waals surface area contributed by atoms with E-state index in [9.17, 15) is 10.1 Å². The Labute approximate surface area is 122 Å². The summed E-state index contributed by atoms with van der Waals surface area (Å²) in [5.74, 6) is 0.0630. The highest BCUT2D eigenvalue weighted by atomic mass is 32.2. The lowest BCUT2D eigenvalue weighted by Gasteiger charge is -1.94. The van der Waals surface area contributed by atoms with Gasteiger partial charge < -0.3 is 17.0 Å². The SMILES string of the molecule is O=[N+]([O-])c1ccc(-c2sc([S-])n[n+]2-c2ccccc2)o1. The van der Waals surface area contributed by atoms with Crippen LogP contribution < -0.4 is 4.68 Å². The normalized spacial score (nSPS) is 10.6. The molecule has 0 saturated heterocycles. The quantitative estimate of drug-likeness (QED) is 0.322. The molecule has 0 aliphatic rings. The molecule has 0 radical (unpaired) electrons. The van der Waals surface area contributed by atoms with Crippen molar-refractivity contribution < 1.29 is 14.0 Å². The number of aromatic nitrogens is 2. The summed E-state index contributed by atoms with van der Waals surface area (Å²) in [6.45, 7) is 0. The average molecular weight is 305 g/mol. The molecule has 0 spiro atoms. The van der Waals surface area contributed by atoms with Crippen LogP contribution in [0.4, 0.5) is 5.88 Å². The number of hydrogen-bond acceptors (Lipinski definition) is 6. The van der Waals surface area contributed by atoms with E-state index in [1.165, 1.54) is 17.4 Å². The lowest BCUT2D eigenvalue weighted by atomic mass is 10.3. The van der Waals surface area contributed by atoms with Gasteiger partial charge >= 0.3 is 5.88 Å². The highest BCUT2D eigenvalue weighted by Crippen LogP contribution is 2.28. The van der Waals surface area contributed by atoms with Crippen molar-refractivity contribution in [1.29, 1.82) is 0 Å². The van der Waals surface area contributed by atoms with Crippen LogP contribution in [0.1, 0.15) is 0 Å². The Bertz CT molecular complexity index is 767. The average Bonchev–Trinajstić information content (AvgIpc) is 3.06. The van der Waals surface area contributed by atoms with Crippen LogP contribution in [0, 0.1) is 10.1 Å². The van der Waals surface area contributed by atoms with E-state index < -0.39 is 4.92 Å². The van der Waals surface area contributed by atoms with Crippen molar-refractivity contribution in [3.8, 4) is 16.5 Å². The zero-order chi connectivity index (χ0) is 14.1. The minimum absolute atomic E-state index is 0.307. The fourth-order valence-corrected chi connectivity index (χ4v) is 2.76. The summed E-state index contributed by atoms with van der Waals surface area (Å²) in [6, 6.07) is 12.2. The second-order valence-electron chi connectivity index (χ2n) is 3.82. The van der Waals surface area contributed by atoms with Gasteiger partial charge in [0.25, 0.3) is 0 Å². The molecule has 0 aliphatic heterocycles. The van der Waals surface area contributed by atoms with E-state index in [2.05, 4.69) is 5.10 Å². The van der Waals surface area contributed by atoms with Crippen LogP contribution in [0.25, 0.3) is 16.5 Å². The predicted octanol–water partition coefficient (Wildman–Crippen LogP) is 2.49. The van der Waals surface area contributed by atoms with E-state index in [1.54, 1.807) is 10.7 Å². The van der Waals surface area contributed by atoms with E-state index in [0.717, 1.165) is 5.69 Å². The number of para-hydroxylation sites is 1. The van der Waals surface area contributed by atoms with Gasteiger partial charge in [-0.1, -0.05) is 22.9 Å². The maximum Gasteiger partial charge on any atom is 0.433 e. The molecule has 2 aromatic heterocycles. The molecule has 0 aliphatic carbocycles. The zero-order valence-electron chi connectivity index (χ0n) is 9.92. The van der Waals surface area contributed by atoms with Crippen molar-refractivity contribution in [3.63, 3.8) is 0 Å². The third-order valence-electron chi connectivity index (χ3n) is 2.54. The molecule has 0 saturated carbocycles. The summed E-state index contributed by atoms with van der Waals surface area (Å²) in [5, 5.41) is 15.5. The van der Waals surface area contributed by atoms with Gasteiger partial charge in [-0.25, -0.2) is 0 Å². The van der Waals surface area contributed by atoms with E-state index >= 15 is 0 Å². The Balaban J connectivity index is 2.12. The Morgan fingerprint density at radius 2 is 2.00 bits per heavy atom. The molecule has 100 valence electrons. The lowest BCUT2D eigenvalue weighted by Crippen LogP contribution is -2.34. The zero-order valence-corrected chi connectivity index (χ0v) is 11.6. The van der Waals surface area contributed by atoms with Crippen LogP contribution in [-0.2, 0) is 12.6 Å². The fraction of sp³-hybridized carbons (Fsp3) is 0. The minimum atomic E-state index is -0.577. The van der Waals surface area contributed by atoms with E-state index in [1.807, 2.05) is 30.3 Å². The first-order valence-electron chi connectivity index (χ1n) is 5.55. The van der Waals surface area contributed by atoms with Crippen molar-refractivity contribution in [3.05, 3.63) is 52.6 Å². The molecule has 0 fully saturated rings. The second kappa shape index (κ2) is 4.99. The first-order valence-corrected chi connectivity index (χ1v) is 6.78. The first kappa shape index (κ1) is 12.7. The van der Waals surface area contributed by atoms with Crippen molar-refractivity contribution in [2.75, 3.05) is 0 Å². The second-order valence-corrected chi connectivity index (χ2v) is 5.44. The number of hydrogen-bond donors (Lipinski definition) is 0. The van der Waals surface area contributed by atoms with Crippen molar-refractivity contribution in [2.24, 2.45) is 0 Å². The number of benzene rings is 1. The summed E-state index contributed by atoms with van der Waals surface area (Å²) < 4.78 is 7.26. The first-order chi connectivity index (χ1) is 9.65. The molecule has 0 unspecified atom stereocenters. The minimum Gasteiger partial charge on any atom is -0.402 e. The van der Waals surface area contributed by atoms with Crippen molar-refractivity contribution in [1.82, 2.24) is 5.10 Å². The smallest absolute Gasteiger partial charge is 0.402 e. The molecule has 0 atom stereocenters. The largest absolute Gasteiger partial charge is 0.433 e. The van der Waals surface area contributed by atoms with Gasteiger partial charge in [0.2, 0.25) is 10.7 Å². The number of furan rings is 1. The molecule has 2 heterocycles. The summed E-state index contributed by atoms with van der Waals surface area (Å²) in [4.78, 5) is 10.1. The Hall–Kier alpha value is -2.32. The molecule has 6 nitrogen and oxygen atoms in total. The van der Waals surface area contributed by atoms with Crippen LogP contribution in [0.3, 0.4) is 0 Å². The maximum absolute atomic E-state index is 10.7. The van der Waals surface area contributed by atoms with Gasteiger partial charge in [0.15, 0.2) is 5.76 Å². The molecule has 20 heavy (non-hydrogen) atoms. The summed E-state index contributed by atoms with van der Waals surface area (Å²) in [5.41, 5.74) is 0.814. The number of nitro groups is 1. The van der Waals surface area contributed by atoms with Gasteiger partial charge in [-0.05, 0) is 11.2 Å². The van der Waals surface area contributed by atoms with E-state index in [0.29, 0.717) is 15.1 Å². The topological polar surface area (TPSA) is 73.1 Å². The van der Waals surface area contributed by atoms with E-state index in [4.69, 9.17) is 17.0 Å². The third-order valence-corrected chi connectivity index (χ3v) is 3.70. The molecule has 3 aromatic rings. The molecule has 0 N–H and O–H groups in total. The molecule has 1 aromatic carbocycles. The van der Waals surface area contributed by atoms with Crippen LogP contribution in [0.15, 0.2) is 51.2 Å². The van der Waals surface area contributed by atoms with Crippen molar-refractivity contribution in [2.45, 2.75) is 4.34 Å². The summed E-state index contributed by atoms with van der Waals surface area (Å²) in [7, 11) is 0. The van der Waals surface area contributed by atoms with Crippen LogP contribution in [0.2, 0.25) is 0 Å². The molecular formula is C12H7N3O3S2. The number of rotatable bonds is 3. The fourth-order valence-electron chi connectivity index (χ4n) is 1.71. The van der Waals surface area contributed by atoms with Crippen LogP contribution in [-0.4, -0.2) is 10.0 Å². The third kappa shape index (κ3) is 2.26. The van der Waals surface area contributed by atoms with Crippen LogP contribution >= 0.6 is 11.3 Å². The van der Waals surface area contributed by atoms with Gasteiger partial charge in [-0.15, -0.1) is 0 Å². The van der Waals surface area contributed by atoms with E-state index in [-0.39, 0.29) is 5.88 Å². The highest BCUT2D eigenvalue weighted by Gasteiger charge is 2.22. The Kier molecular flexibility index (Phi) is 3.17. The highest BCUT2D eigenvalue weighted by molar-refractivity contribution is 7.62. The molecule has 3 rings (SSSR count).